The van der Waals surface area contributed by atoms with Gasteiger partial charge in [0.15, 0.2) is 0 Å². The van der Waals surface area contributed by atoms with Crippen molar-refractivity contribution in [3.8, 4) is 5.69 Å². The molecular formula is C20H11F3N2O4. The van der Waals surface area contributed by atoms with Crippen LogP contribution in [0.3, 0.4) is 0 Å². The molecule has 0 spiro atoms. The zero-order valence-corrected chi connectivity index (χ0v) is 14.5. The van der Waals surface area contributed by atoms with Gasteiger partial charge in [0.25, 0.3) is 11.8 Å². The van der Waals surface area contributed by atoms with Crippen LogP contribution in [-0.2, 0) is 11.0 Å². The number of hydrogen-bond acceptors (Lipinski definition) is 4. The molecular weight excluding hydrogens is 389 g/mol. The van der Waals surface area contributed by atoms with Crippen molar-refractivity contribution in [3.63, 3.8) is 0 Å². The fraction of sp³-hybridized carbons (Fsp3) is 0.0500. The van der Waals surface area contributed by atoms with Crippen LogP contribution in [0.5, 0.6) is 0 Å². The van der Waals surface area contributed by atoms with E-state index >= 15 is 0 Å². The van der Waals surface area contributed by atoms with E-state index in [9.17, 15) is 27.6 Å². The van der Waals surface area contributed by atoms with Gasteiger partial charge in [-0.15, -0.1) is 0 Å². The lowest BCUT2D eigenvalue weighted by molar-refractivity contribution is -0.137. The molecule has 2 amide bonds. The lowest BCUT2D eigenvalue weighted by atomic mass is 10.1. The van der Waals surface area contributed by atoms with Gasteiger partial charge in [0.2, 0.25) is 0 Å². The second-order valence-electron chi connectivity index (χ2n) is 6.19. The molecule has 2 heterocycles. The number of carbonyl (C=O) groups is 3. The Balaban J connectivity index is 1.68. The molecule has 1 aliphatic rings. The minimum Gasteiger partial charge on any atom is -0.324 e. The number of hydrogen-bond donors (Lipinski definition) is 0. The average molecular weight is 400 g/mol. The van der Waals surface area contributed by atoms with Gasteiger partial charge in [0.05, 0.1) is 22.3 Å². The molecule has 3 aromatic rings. The van der Waals surface area contributed by atoms with Gasteiger partial charge in [-0.2, -0.15) is 13.2 Å². The second kappa shape index (κ2) is 6.62. The number of hydroxylamine groups is 2. The Kier molecular flexibility index (Phi) is 4.22. The predicted octanol–water partition coefficient (Wildman–Crippen LogP) is 3.86. The van der Waals surface area contributed by atoms with Gasteiger partial charge in [-0.3, -0.25) is 9.59 Å². The minimum absolute atomic E-state index is 0.0439. The van der Waals surface area contributed by atoms with Crippen molar-refractivity contribution in [2.75, 3.05) is 0 Å². The van der Waals surface area contributed by atoms with Crippen molar-refractivity contribution in [3.05, 3.63) is 89.2 Å². The fourth-order valence-corrected chi connectivity index (χ4v) is 2.93. The zero-order valence-electron chi connectivity index (χ0n) is 14.5. The zero-order chi connectivity index (χ0) is 20.8. The monoisotopic (exact) mass is 400 g/mol. The normalized spacial score (nSPS) is 13.6. The van der Waals surface area contributed by atoms with Crippen LogP contribution < -0.4 is 0 Å². The first kappa shape index (κ1) is 18.5. The number of carbonyl (C=O) groups excluding carboxylic acids is 3. The third-order valence-corrected chi connectivity index (χ3v) is 4.31. The SMILES string of the molecule is O=C(ON1C(=O)c2ccccc2C1=O)c1cc(-n2cccc2)cc(C(F)(F)F)c1. The Morgan fingerprint density at radius 3 is 2.00 bits per heavy atom. The first-order chi connectivity index (χ1) is 13.8. The molecule has 0 saturated carbocycles. The number of alkyl halides is 3. The van der Waals surface area contributed by atoms with Crippen LogP contribution in [0.15, 0.2) is 67.0 Å². The van der Waals surface area contributed by atoms with E-state index in [1.54, 1.807) is 12.1 Å². The third-order valence-electron chi connectivity index (χ3n) is 4.31. The molecule has 1 aromatic heterocycles. The molecule has 1 aliphatic heterocycles. The summed E-state index contributed by atoms with van der Waals surface area (Å²) in [5, 5.41) is 0.253. The molecule has 0 atom stereocenters. The first-order valence-corrected chi connectivity index (χ1v) is 8.31. The van der Waals surface area contributed by atoms with Crippen LogP contribution in [0.2, 0.25) is 0 Å². The van der Waals surface area contributed by atoms with Gasteiger partial charge in [-0.25, -0.2) is 4.79 Å². The van der Waals surface area contributed by atoms with Crippen LogP contribution in [0.4, 0.5) is 13.2 Å². The number of rotatable bonds is 3. The second-order valence-corrected chi connectivity index (χ2v) is 6.19. The van der Waals surface area contributed by atoms with Crippen molar-refractivity contribution in [2.24, 2.45) is 0 Å². The summed E-state index contributed by atoms with van der Waals surface area (Å²) in [6, 6.07) is 11.7. The van der Waals surface area contributed by atoms with Crippen molar-refractivity contribution in [1.29, 1.82) is 0 Å². The molecule has 0 aliphatic carbocycles. The van der Waals surface area contributed by atoms with Gasteiger partial charge in [-0.1, -0.05) is 17.2 Å². The van der Waals surface area contributed by atoms with E-state index < -0.39 is 35.1 Å². The van der Waals surface area contributed by atoms with E-state index in [1.807, 2.05) is 0 Å². The number of fused-ring (bicyclic) bond motifs is 1. The molecule has 0 fully saturated rings. The van der Waals surface area contributed by atoms with E-state index in [2.05, 4.69) is 0 Å². The minimum atomic E-state index is -4.71. The maximum Gasteiger partial charge on any atom is 0.416 e. The van der Waals surface area contributed by atoms with Crippen LogP contribution in [0.1, 0.15) is 36.6 Å². The topological polar surface area (TPSA) is 68.6 Å². The number of imide groups is 1. The van der Waals surface area contributed by atoms with E-state index in [0.717, 1.165) is 6.07 Å². The number of nitrogens with zero attached hydrogens (tertiary/aromatic N) is 2. The molecule has 0 N–H and O–H groups in total. The van der Waals surface area contributed by atoms with E-state index in [0.29, 0.717) is 6.07 Å². The van der Waals surface area contributed by atoms with Gasteiger partial charge >= 0.3 is 12.1 Å². The van der Waals surface area contributed by atoms with Crippen molar-refractivity contribution in [1.82, 2.24) is 9.63 Å². The van der Waals surface area contributed by atoms with E-state index in [1.165, 1.54) is 47.3 Å². The largest absolute Gasteiger partial charge is 0.416 e. The molecule has 4 rings (SSSR count). The standard InChI is InChI=1S/C20H11F3N2O4/c21-20(22,23)13-9-12(10-14(11-13)24-7-3-4-8-24)19(28)29-25-17(26)15-5-1-2-6-16(15)18(25)27/h1-11H. The molecule has 29 heavy (non-hydrogen) atoms. The molecule has 0 unspecified atom stereocenters. The maximum absolute atomic E-state index is 13.3. The fourth-order valence-electron chi connectivity index (χ4n) is 2.93. The summed E-state index contributed by atoms with van der Waals surface area (Å²) in [7, 11) is 0. The Bertz CT molecular complexity index is 1100. The van der Waals surface area contributed by atoms with Crippen LogP contribution in [0.25, 0.3) is 5.69 Å². The molecule has 146 valence electrons. The molecule has 0 saturated heterocycles. The summed E-state index contributed by atoms with van der Waals surface area (Å²) >= 11 is 0. The van der Waals surface area contributed by atoms with Crippen molar-refractivity contribution in [2.45, 2.75) is 6.18 Å². The average Bonchev–Trinajstić information content (AvgIpc) is 3.31. The summed E-state index contributed by atoms with van der Waals surface area (Å²) in [5.41, 5.74) is -1.37. The molecule has 2 aromatic carbocycles. The van der Waals surface area contributed by atoms with Gasteiger partial charge in [0, 0.05) is 18.1 Å². The van der Waals surface area contributed by atoms with Gasteiger partial charge in [0.1, 0.15) is 0 Å². The highest BCUT2D eigenvalue weighted by Crippen LogP contribution is 2.32. The smallest absolute Gasteiger partial charge is 0.324 e. The summed E-state index contributed by atoms with van der Waals surface area (Å²) < 4.78 is 41.2. The molecule has 0 radical (unpaired) electrons. The van der Waals surface area contributed by atoms with E-state index in [-0.39, 0.29) is 21.9 Å². The summed E-state index contributed by atoms with van der Waals surface area (Å²) in [6.45, 7) is 0. The Labute approximate surface area is 161 Å². The highest BCUT2D eigenvalue weighted by atomic mass is 19.4. The first-order valence-electron chi connectivity index (χ1n) is 8.31. The Hall–Kier alpha value is -3.88. The third kappa shape index (κ3) is 3.27. The van der Waals surface area contributed by atoms with Crippen molar-refractivity contribution >= 4 is 17.8 Å². The lowest BCUT2D eigenvalue weighted by Crippen LogP contribution is -2.32. The van der Waals surface area contributed by atoms with Gasteiger partial charge in [-0.05, 0) is 42.5 Å². The number of halogens is 3. The van der Waals surface area contributed by atoms with Crippen LogP contribution in [0, 0.1) is 0 Å². The number of benzene rings is 2. The Morgan fingerprint density at radius 1 is 0.862 bits per heavy atom. The summed E-state index contributed by atoms with van der Waals surface area (Å²) in [4.78, 5) is 42.0. The highest BCUT2D eigenvalue weighted by Gasteiger charge is 2.39. The molecule has 6 nitrogen and oxygen atoms in total. The van der Waals surface area contributed by atoms with E-state index in [4.69, 9.17) is 4.84 Å². The number of amides is 2. The quantitative estimate of drug-likeness (QED) is 0.626. The van der Waals surface area contributed by atoms with Gasteiger partial charge < -0.3 is 9.40 Å². The van der Waals surface area contributed by atoms with Crippen molar-refractivity contribution < 1.29 is 32.4 Å². The lowest BCUT2D eigenvalue weighted by Gasteiger charge is -2.15. The van der Waals surface area contributed by atoms with Crippen LogP contribution in [-0.4, -0.2) is 27.4 Å². The Morgan fingerprint density at radius 2 is 1.45 bits per heavy atom. The highest BCUT2D eigenvalue weighted by molar-refractivity contribution is 6.21. The molecule has 9 heteroatoms. The van der Waals surface area contributed by atoms with Crippen LogP contribution >= 0.6 is 0 Å². The molecule has 0 bridgehead atoms. The summed E-state index contributed by atoms with van der Waals surface area (Å²) in [5.74, 6) is -2.99. The predicted molar refractivity (Wildman–Crippen MR) is 93.1 cm³/mol. The summed E-state index contributed by atoms with van der Waals surface area (Å²) in [6.07, 6.45) is -1.70. The maximum atomic E-state index is 13.3. The number of aromatic nitrogens is 1.